The maximum Gasteiger partial charge on any atom is 0.226 e. The van der Waals surface area contributed by atoms with Crippen molar-refractivity contribution in [3.05, 3.63) is 41.8 Å². The number of halogens is 1. The Labute approximate surface area is 146 Å². The Balaban J connectivity index is 1.59. The van der Waals surface area contributed by atoms with Crippen molar-refractivity contribution in [2.24, 2.45) is 0 Å². The van der Waals surface area contributed by atoms with Crippen LogP contribution in [0.3, 0.4) is 0 Å². The van der Waals surface area contributed by atoms with Gasteiger partial charge in [0, 0.05) is 18.3 Å². The molecule has 0 spiro atoms. The first-order valence-corrected chi connectivity index (χ1v) is 8.33. The van der Waals surface area contributed by atoms with E-state index >= 15 is 0 Å². The number of carbonyl (C=O) groups is 1. The Bertz CT molecular complexity index is 678. The van der Waals surface area contributed by atoms with Gasteiger partial charge in [-0.1, -0.05) is 25.9 Å². The van der Waals surface area contributed by atoms with Gasteiger partial charge in [-0.2, -0.15) is 4.98 Å². The van der Waals surface area contributed by atoms with Gasteiger partial charge in [-0.3, -0.25) is 4.79 Å². The van der Waals surface area contributed by atoms with E-state index in [1.54, 1.807) is 12.1 Å². The van der Waals surface area contributed by atoms with E-state index in [1.165, 1.54) is 12.1 Å². The van der Waals surface area contributed by atoms with E-state index in [2.05, 4.69) is 15.5 Å². The average molecular weight is 349 g/mol. The second-order valence-corrected chi connectivity index (χ2v) is 6.77. The standard InChI is InChI=1S/C18H24FN3O3/c1-18(2,3)17-21-16(25-22-17)6-4-5-15(23)20-11-12-24-14-9-7-13(19)8-10-14/h7-10H,4-6,11-12H2,1-3H3,(H,20,23). The molecule has 6 nitrogen and oxygen atoms in total. The molecule has 0 unspecified atom stereocenters. The Morgan fingerprint density at radius 3 is 2.64 bits per heavy atom. The van der Waals surface area contributed by atoms with Gasteiger partial charge in [0.15, 0.2) is 5.82 Å². The van der Waals surface area contributed by atoms with E-state index in [9.17, 15) is 9.18 Å². The third-order valence-electron chi connectivity index (χ3n) is 3.44. The van der Waals surface area contributed by atoms with Crippen molar-refractivity contribution >= 4 is 5.91 Å². The van der Waals surface area contributed by atoms with Crippen LogP contribution in [0.2, 0.25) is 0 Å². The predicted molar refractivity (Wildman–Crippen MR) is 90.8 cm³/mol. The summed E-state index contributed by atoms with van der Waals surface area (Å²) in [6.45, 7) is 6.77. The molecule has 0 atom stereocenters. The van der Waals surface area contributed by atoms with Crippen molar-refractivity contribution < 1.29 is 18.4 Å². The van der Waals surface area contributed by atoms with Crippen molar-refractivity contribution in [2.45, 2.75) is 45.4 Å². The molecule has 0 bridgehead atoms. The Hall–Kier alpha value is -2.44. The first-order valence-electron chi connectivity index (χ1n) is 8.33. The Morgan fingerprint density at radius 1 is 1.28 bits per heavy atom. The van der Waals surface area contributed by atoms with E-state index in [1.807, 2.05) is 20.8 Å². The van der Waals surface area contributed by atoms with Crippen molar-refractivity contribution in [1.29, 1.82) is 0 Å². The molecule has 0 aliphatic rings. The molecule has 2 rings (SSSR count). The molecule has 1 aromatic heterocycles. The first kappa shape index (κ1) is 18.9. The topological polar surface area (TPSA) is 77.2 Å². The lowest BCUT2D eigenvalue weighted by atomic mass is 9.96. The Morgan fingerprint density at radius 2 is 2.00 bits per heavy atom. The SMILES string of the molecule is CC(C)(C)c1noc(CCCC(=O)NCCOc2ccc(F)cc2)n1. The van der Waals surface area contributed by atoms with E-state index < -0.39 is 0 Å². The summed E-state index contributed by atoms with van der Waals surface area (Å²) < 4.78 is 23.3. The maximum atomic E-state index is 12.8. The van der Waals surface area contributed by atoms with Crippen LogP contribution >= 0.6 is 0 Å². The molecule has 2 aromatic rings. The number of nitrogens with zero attached hydrogens (tertiary/aromatic N) is 2. The second-order valence-electron chi connectivity index (χ2n) is 6.77. The number of hydrogen-bond donors (Lipinski definition) is 1. The minimum Gasteiger partial charge on any atom is -0.492 e. The fraction of sp³-hybridized carbons (Fsp3) is 0.500. The molecule has 0 radical (unpaired) electrons. The van der Waals surface area contributed by atoms with Crippen LogP contribution in [0.4, 0.5) is 4.39 Å². The van der Waals surface area contributed by atoms with Crippen molar-refractivity contribution in [3.8, 4) is 5.75 Å². The summed E-state index contributed by atoms with van der Waals surface area (Å²) in [6, 6.07) is 5.76. The van der Waals surface area contributed by atoms with Crippen molar-refractivity contribution in [2.75, 3.05) is 13.2 Å². The zero-order valence-electron chi connectivity index (χ0n) is 14.8. The summed E-state index contributed by atoms with van der Waals surface area (Å²) in [4.78, 5) is 16.1. The largest absolute Gasteiger partial charge is 0.492 e. The van der Waals surface area contributed by atoms with Crippen LogP contribution < -0.4 is 10.1 Å². The highest BCUT2D eigenvalue weighted by molar-refractivity contribution is 5.75. The van der Waals surface area contributed by atoms with Crippen LogP contribution in [-0.2, 0) is 16.6 Å². The van der Waals surface area contributed by atoms with Crippen LogP contribution in [0.5, 0.6) is 5.75 Å². The fourth-order valence-electron chi connectivity index (χ4n) is 2.04. The number of nitrogens with one attached hydrogen (secondary N) is 1. The lowest BCUT2D eigenvalue weighted by Gasteiger charge is -2.10. The third-order valence-corrected chi connectivity index (χ3v) is 3.44. The van der Waals surface area contributed by atoms with Gasteiger partial charge in [-0.15, -0.1) is 0 Å². The smallest absolute Gasteiger partial charge is 0.226 e. The summed E-state index contributed by atoms with van der Waals surface area (Å²) >= 11 is 0. The molecule has 1 N–H and O–H groups in total. The minimum absolute atomic E-state index is 0.0572. The highest BCUT2D eigenvalue weighted by Crippen LogP contribution is 2.18. The summed E-state index contributed by atoms with van der Waals surface area (Å²) in [5.41, 5.74) is -0.149. The number of aryl methyl sites for hydroxylation is 1. The number of hydrogen-bond acceptors (Lipinski definition) is 5. The maximum absolute atomic E-state index is 12.8. The zero-order chi connectivity index (χ0) is 18.3. The highest BCUT2D eigenvalue weighted by atomic mass is 19.1. The van der Waals surface area contributed by atoms with Crippen LogP contribution in [0.1, 0.15) is 45.3 Å². The molecule has 7 heteroatoms. The van der Waals surface area contributed by atoms with Gasteiger partial charge < -0.3 is 14.6 Å². The fourth-order valence-corrected chi connectivity index (χ4v) is 2.04. The third kappa shape index (κ3) is 6.52. The van der Waals surface area contributed by atoms with E-state index in [4.69, 9.17) is 9.26 Å². The molecule has 1 aromatic carbocycles. The van der Waals surface area contributed by atoms with Gasteiger partial charge in [-0.25, -0.2) is 4.39 Å². The monoisotopic (exact) mass is 349 g/mol. The molecule has 0 aliphatic heterocycles. The molecule has 0 aliphatic carbocycles. The molecule has 0 saturated carbocycles. The van der Waals surface area contributed by atoms with Crippen LogP contribution in [0.15, 0.2) is 28.8 Å². The minimum atomic E-state index is -0.309. The number of rotatable bonds is 8. The normalized spacial score (nSPS) is 11.4. The molecular formula is C18H24FN3O3. The zero-order valence-corrected chi connectivity index (χ0v) is 14.8. The number of amides is 1. The summed E-state index contributed by atoms with van der Waals surface area (Å²) in [5, 5.41) is 6.73. The van der Waals surface area contributed by atoms with Gasteiger partial charge in [0.1, 0.15) is 18.2 Å². The quantitative estimate of drug-likeness (QED) is 0.741. The molecule has 25 heavy (non-hydrogen) atoms. The Kier molecular flexibility index (Phi) is 6.50. The van der Waals surface area contributed by atoms with Gasteiger partial charge in [0.2, 0.25) is 11.8 Å². The van der Waals surface area contributed by atoms with E-state index in [0.717, 1.165) is 0 Å². The second kappa shape index (κ2) is 8.60. The average Bonchev–Trinajstić information content (AvgIpc) is 3.02. The molecule has 136 valence electrons. The molecular weight excluding hydrogens is 325 g/mol. The molecule has 0 fully saturated rings. The van der Waals surface area contributed by atoms with Crippen molar-refractivity contribution in [3.63, 3.8) is 0 Å². The molecule has 1 heterocycles. The lowest BCUT2D eigenvalue weighted by molar-refractivity contribution is -0.121. The van der Waals surface area contributed by atoms with Gasteiger partial charge in [0.05, 0.1) is 6.54 Å². The molecule has 0 saturated heterocycles. The van der Waals surface area contributed by atoms with Gasteiger partial charge >= 0.3 is 0 Å². The predicted octanol–water partition coefficient (Wildman–Crippen LogP) is 3.02. The molecule has 1 amide bonds. The summed E-state index contributed by atoms with van der Waals surface area (Å²) in [7, 11) is 0. The summed E-state index contributed by atoms with van der Waals surface area (Å²) in [5.74, 6) is 1.43. The van der Waals surface area contributed by atoms with Crippen LogP contribution in [0.25, 0.3) is 0 Å². The number of carbonyl (C=O) groups excluding carboxylic acids is 1. The van der Waals surface area contributed by atoms with Crippen LogP contribution in [-0.4, -0.2) is 29.2 Å². The summed E-state index contributed by atoms with van der Waals surface area (Å²) in [6.07, 6.45) is 1.59. The van der Waals surface area contributed by atoms with E-state index in [0.29, 0.717) is 49.9 Å². The lowest BCUT2D eigenvalue weighted by Crippen LogP contribution is -2.27. The van der Waals surface area contributed by atoms with E-state index in [-0.39, 0.29) is 17.1 Å². The number of aromatic nitrogens is 2. The highest BCUT2D eigenvalue weighted by Gasteiger charge is 2.20. The number of ether oxygens (including phenoxy) is 1. The van der Waals surface area contributed by atoms with Crippen LogP contribution in [0, 0.1) is 5.82 Å². The van der Waals surface area contributed by atoms with Gasteiger partial charge in [0.25, 0.3) is 0 Å². The first-order chi connectivity index (χ1) is 11.8. The number of benzene rings is 1. The van der Waals surface area contributed by atoms with Crippen molar-refractivity contribution in [1.82, 2.24) is 15.5 Å². The van der Waals surface area contributed by atoms with Gasteiger partial charge in [-0.05, 0) is 30.7 Å².